The molecule has 3 N–H and O–H groups in total. The number of carbonyl (C=O) groups is 3. The van der Waals surface area contributed by atoms with E-state index in [-0.39, 0.29) is 49.3 Å². The van der Waals surface area contributed by atoms with Gasteiger partial charge in [0.1, 0.15) is 5.54 Å². The Balaban J connectivity index is 0.00000182. The largest absolute Gasteiger partial charge is 0.353 e. The molecule has 3 heterocycles. The Bertz CT molecular complexity index is 552. The molecule has 7 nitrogen and oxygen atoms in total. The number of fused-ring (bicyclic) bond motifs is 2. The predicted octanol–water partition coefficient (Wildman–Crippen LogP) is 1.06. The molecule has 4 aliphatic rings. The highest BCUT2D eigenvalue weighted by atomic mass is 35.5. The molecule has 25 heavy (non-hydrogen) atoms. The van der Waals surface area contributed by atoms with E-state index in [9.17, 15) is 14.4 Å². The maximum atomic E-state index is 12.5. The summed E-state index contributed by atoms with van der Waals surface area (Å²) >= 11 is 0. The fourth-order valence-electron chi connectivity index (χ4n) is 4.89. The Hall–Kier alpha value is -1.34. The zero-order valence-corrected chi connectivity index (χ0v) is 15.2. The molecular weight excluding hydrogens is 344 g/mol. The molecule has 0 aromatic carbocycles. The van der Waals surface area contributed by atoms with E-state index < -0.39 is 5.54 Å². The van der Waals surface area contributed by atoms with Gasteiger partial charge in [0.25, 0.3) is 5.91 Å². The summed E-state index contributed by atoms with van der Waals surface area (Å²) < 4.78 is 0. The van der Waals surface area contributed by atoms with Crippen molar-refractivity contribution in [1.29, 1.82) is 0 Å². The predicted molar refractivity (Wildman–Crippen MR) is 94.4 cm³/mol. The van der Waals surface area contributed by atoms with Crippen LogP contribution in [0.3, 0.4) is 0 Å². The number of imide groups is 1. The van der Waals surface area contributed by atoms with Gasteiger partial charge in [-0.1, -0.05) is 12.8 Å². The molecule has 2 bridgehead atoms. The van der Waals surface area contributed by atoms with Crippen molar-refractivity contribution in [2.24, 2.45) is 0 Å². The number of amides is 4. The number of urea groups is 1. The van der Waals surface area contributed by atoms with E-state index in [0.717, 1.165) is 38.5 Å². The lowest BCUT2D eigenvalue weighted by atomic mass is 9.98. The number of nitrogens with one attached hydrogen (secondary N) is 3. The number of nitrogens with zero attached hydrogens (tertiary/aromatic N) is 1. The van der Waals surface area contributed by atoms with Gasteiger partial charge in [0.15, 0.2) is 0 Å². The minimum Gasteiger partial charge on any atom is -0.353 e. The van der Waals surface area contributed by atoms with E-state index in [1.165, 1.54) is 17.7 Å². The standard InChI is InChI=1S/C17H26N4O3.ClH/c22-14(19-13-9-11-3-4-12(10-13)18-11)5-8-21-15(23)17(20-16(21)24)6-1-2-7-17;/h11-13,18H,1-10H2,(H,19,22)(H,20,24);1H. The topological polar surface area (TPSA) is 90.5 Å². The maximum absolute atomic E-state index is 12.5. The van der Waals surface area contributed by atoms with Crippen molar-refractivity contribution in [3.8, 4) is 0 Å². The monoisotopic (exact) mass is 370 g/mol. The molecule has 2 unspecified atom stereocenters. The number of hydrogen-bond acceptors (Lipinski definition) is 4. The summed E-state index contributed by atoms with van der Waals surface area (Å²) in [5, 5.41) is 9.49. The van der Waals surface area contributed by atoms with Gasteiger partial charge in [-0.15, -0.1) is 12.4 Å². The average molecular weight is 371 g/mol. The molecule has 1 saturated carbocycles. The Kier molecular flexibility index (Phi) is 5.25. The summed E-state index contributed by atoms with van der Waals surface area (Å²) in [6.07, 6.45) is 7.92. The summed E-state index contributed by atoms with van der Waals surface area (Å²) in [5.41, 5.74) is -0.679. The smallest absolute Gasteiger partial charge is 0.325 e. The van der Waals surface area contributed by atoms with Crippen LogP contribution >= 0.6 is 12.4 Å². The quantitative estimate of drug-likeness (QED) is 0.645. The second-order valence-electron chi connectivity index (χ2n) is 7.80. The highest BCUT2D eigenvalue weighted by Crippen LogP contribution is 2.35. The first-order valence-corrected chi connectivity index (χ1v) is 9.25. The molecule has 3 aliphatic heterocycles. The Morgan fingerprint density at radius 3 is 2.44 bits per heavy atom. The van der Waals surface area contributed by atoms with Crippen LogP contribution in [0.1, 0.15) is 57.8 Å². The van der Waals surface area contributed by atoms with Crippen molar-refractivity contribution in [3.63, 3.8) is 0 Å². The third-order valence-corrected chi connectivity index (χ3v) is 6.10. The molecule has 4 amide bonds. The summed E-state index contributed by atoms with van der Waals surface area (Å²) in [6.45, 7) is 0.177. The van der Waals surface area contributed by atoms with Gasteiger partial charge in [0, 0.05) is 31.1 Å². The SMILES string of the molecule is Cl.O=C(CCN1C(=O)NC2(CCCC2)C1=O)NC1CC2CCC(C1)N2. The summed E-state index contributed by atoms with van der Waals surface area (Å²) in [7, 11) is 0. The summed E-state index contributed by atoms with van der Waals surface area (Å²) in [5.74, 6) is -0.202. The van der Waals surface area contributed by atoms with Crippen LogP contribution in [0, 0.1) is 0 Å². The van der Waals surface area contributed by atoms with Crippen LogP contribution in [0.15, 0.2) is 0 Å². The molecule has 3 saturated heterocycles. The van der Waals surface area contributed by atoms with Gasteiger partial charge >= 0.3 is 6.03 Å². The van der Waals surface area contributed by atoms with E-state index in [1.54, 1.807) is 0 Å². The summed E-state index contributed by atoms with van der Waals surface area (Å²) in [4.78, 5) is 38.1. The molecule has 1 aliphatic carbocycles. The van der Waals surface area contributed by atoms with Crippen molar-refractivity contribution in [3.05, 3.63) is 0 Å². The lowest BCUT2D eigenvalue weighted by molar-refractivity contribution is -0.131. The highest BCUT2D eigenvalue weighted by molar-refractivity contribution is 6.07. The fraction of sp³-hybridized carbons (Fsp3) is 0.824. The first-order chi connectivity index (χ1) is 11.6. The molecule has 4 fully saturated rings. The number of piperidine rings is 1. The second-order valence-corrected chi connectivity index (χ2v) is 7.80. The van der Waals surface area contributed by atoms with Crippen LogP contribution in [0.2, 0.25) is 0 Å². The Labute approximate surface area is 154 Å². The highest BCUT2D eigenvalue weighted by Gasteiger charge is 2.52. The molecule has 0 aromatic heterocycles. The molecule has 0 radical (unpaired) electrons. The Morgan fingerprint density at radius 1 is 1.16 bits per heavy atom. The lowest BCUT2D eigenvalue weighted by Crippen LogP contribution is -2.48. The van der Waals surface area contributed by atoms with E-state index in [1.807, 2.05) is 0 Å². The third-order valence-electron chi connectivity index (χ3n) is 6.10. The van der Waals surface area contributed by atoms with Gasteiger partial charge in [-0.25, -0.2) is 4.79 Å². The number of hydrogen-bond donors (Lipinski definition) is 3. The number of halogens is 1. The zero-order chi connectivity index (χ0) is 16.7. The van der Waals surface area contributed by atoms with Crippen molar-refractivity contribution < 1.29 is 14.4 Å². The summed E-state index contributed by atoms with van der Waals surface area (Å²) in [6, 6.07) is 0.944. The van der Waals surface area contributed by atoms with E-state index in [0.29, 0.717) is 12.1 Å². The minimum atomic E-state index is -0.679. The first kappa shape index (κ1) is 18.5. The number of rotatable bonds is 4. The fourth-order valence-corrected chi connectivity index (χ4v) is 4.89. The van der Waals surface area contributed by atoms with Gasteiger partial charge in [-0.05, 0) is 38.5 Å². The van der Waals surface area contributed by atoms with E-state index in [2.05, 4.69) is 16.0 Å². The van der Waals surface area contributed by atoms with E-state index >= 15 is 0 Å². The normalized spacial score (nSPS) is 32.6. The average Bonchev–Trinajstić information content (AvgIpc) is 3.20. The van der Waals surface area contributed by atoms with Crippen LogP contribution in [0.25, 0.3) is 0 Å². The van der Waals surface area contributed by atoms with Crippen LogP contribution in [-0.2, 0) is 9.59 Å². The Morgan fingerprint density at radius 2 is 1.80 bits per heavy atom. The van der Waals surface area contributed by atoms with E-state index in [4.69, 9.17) is 0 Å². The molecule has 8 heteroatoms. The van der Waals surface area contributed by atoms with Gasteiger partial charge < -0.3 is 16.0 Å². The second kappa shape index (κ2) is 7.11. The van der Waals surface area contributed by atoms with Crippen molar-refractivity contribution >= 4 is 30.3 Å². The van der Waals surface area contributed by atoms with Crippen LogP contribution in [0.4, 0.5) is 4.79 Å². The van der Waals surface area contributed by atoms with Crippen LogP contribution in [-0.4, -0.2) is 53.0 Å². The third kappa shape index (κ3) is 3.49. The van der Waals surface area contributed by atoms with Crippen LogP contribution < -0.4 is 16.0 Å². The van der Waals surface area contributed by atoms with Gasteiger partial charge in [0.05, 0.1) is 0 Å². The maximum Gasteiger partial charge on any atom is 0.325 e. The van der Waals surface area contributed by atoms with Gasteiger partial charge in [-0.3, -0.25) is 14.5 Å². The zero-order valence-electron chi connectivity index (χ0n) is 14.4. The first-order valence-electron chi connectivity index (χ1n) is 9.25. The van der Waals surface area contributed by atoms with Crippen molar-refractivity contribution in [2.45, 2.75) is 81.5 Å². The molecule has 0 aromatic rings. The van der Waals surface area contributed by atoms with Crippen molar-refractivity contribution in [2.75, 3.05) is 6.54 Å². The molecule has 4 rings (SSSR count). The molecule has 2 atom stereocenters. The molecular formula is C17H27ClN4O3. The number of carbonyl (C=O) groups excluding carboxylic acids is 3. The minimum absolute atomic E-state index is 0. The van der Waals surface area contributed by atoms with Gasteiger partial charge in [-0.2, -0.15) is 0 Å². The molecule has 1 spiro atoms. The van der Waals surface area contributed by atoms with Crippen LogP contribution in [0.5, 0.6) is 0 Å². The molecule has 140 valence electrons. The van der Waals surface area contributed by atoms with Gasteiger partial charge in [0.2, 0.25) is 5.91 Å². The van der Waals surface area contributed by atoms with Crippen molar-refractivity contribution in [1.82, 2.24) is 20.9 Å². The lowest BCUT2D eigenvalue weighted by Gasteiger charge is -2.29.